The summed E-state index contributed by atoms with van der Waals surface area (Å²) in [5.74, 6) is 0.655. The van der Waals surface area contributed by atoms with Gasteiger partial charge in [-0.2, -0.15) is 0 Å². The van der Waals surface area contributed by atoms with Crippen LogP contribution in [-0.2, 0) is 9.59 Å². The largest absolute Gasteiger partial charge is 0.494 e. The molecule has 138 valence electrons. The number of hydrogen-bond acceptors (Lipinski definition) is 6. The Bertz CT molecular complexity index is 1030. The number of thiazole rings is 1. The zero-order chi connectivity index (χ0) is 19.0. The average molecular weight is 383 g/mol. The van der Waals surface area contributed by atoms with Gasteiger partial charge >= 0.3 is 0 Å². The quantitative estimate of drug-likeness (QED) is 0.752. The number of nitrogens with zero attached hydrogens (tertiary/aromatic N) is 2. The van der Waals surface area contributed by atoms with Gasteiger partial charge in [-0.05, 0) is 24.3 Å². The second-order valence-corrected chi connectivity index (χ2v) is 7.05. The summed E-state index contributed by atoms with van der Waals surface area (Å²) in [5.41, 5.74) is 1.36. The van der Waals surface area contributed by atoms with E-state index in [0.717, 1.165) is 4.70 Å². The lowest BCUT2D eigenvalue weighted by molar-refractivity contribution is -0.123. The maximum absolute atomic E-state index is 12.7. The molecular weight excluding hydrogens is 366 g/mol. The highest BCUT2D eigenvalue weighted by atomic mass is 32.1. The Morgan fingerprint density at radius 2 is 2.07 bits per heavy atom. The van der Waals surface area contributed by atoms with Gasteiger partial charge in [-0.3, -0.25) is 14.9 Å². The zero-order valence-corrected chi connectivity index (χ0v) is 15.6. The first-order valence-electron chi connectivity index (χ1n) is 8.35. The van der Waals surface area contributed by atoms with E-state index in [4.69, 9.17) is 9.47 Å². The van der Waals surface area contributed by atoms with Crippen LogP contribution >= 0.6 is 11.3 Å². The molecular formula is C19H17N3O4S. The van der Waals surface area contributed by atoms with Crippen molar-refractivity contribution in [2.45, 2.75) is 13.0 Å². The Hall–Kier alpha value is -3.13. The van der Waals surface area contributed by atoms with Crippen molar-refractivity contribution < 1.29 is 19.1 Å². The lowest BCUT2D eigenvalue weighted by Gasteiger charge is -2.33. The van der Waals surface area contributed by atoms with Crippen LogP contribution in [0, 0.1) is 0 Å². The maximum Gasteiger partial charge on any atom is 0.269 e. The van der Waals surface area contributed by atoms with E-state index < -0.39 is 6.10 Å². The van der Waals surface area contributed by atoms with Crippen molar-refractivity contribution in [3.63, 3.8) is 0 Å². The molecule has 1 atom stereocenters. The van der Waals surface area contributed by atoms with Crippen LogP contribution in [-0.4, -0.2) is 36.6 Å². The summed E-state index contributed by atoms with van der Waals surface area (Å²) in [6, 6.07) is 12.8. The van der Waals surface area contributed by atoms with E-state index in [1.54, 1.807) is 30.2 Å². The number of para-hydroxylation sites is 3. The first-order valence-corrected chi connectivity index (χ1v) is 9.16. The SMILES string of the molecule is COc1cccc2sc(NC(=O)[C@@H]3CN(C(C)=O)c4ccccc4O3)nc12. The minimum atomic E-state index is -0.822. The second-order valence-electron chi connectivity index (χ2n) is 6.02. The summed E-state index contributed by atoms with van der Waals surface area (Å²) in [7, 11) is 1.58. The summed E-state index contributed by atoms with van der Waals surface area (Å²) >= 11 is 1.35. The lowest BCUT2D eigenvalue weighted by atomic mass is 10.2. The third kappa shape index (κ3) is 3.19. The van der Waals surface area contributed by atoms with Crippen LogP contribution in [0.25, 0.3) is 10.2 Å². The number of hydrogen-bond donors (Lipinski definition) is 1. The highest BCUT2D eigenvalue weighted by Crippen LogP contribution is 2.35. The van der Waals surface area contributed by atoms with Crippen LogP contribution in [0.3, 0.4) is 0 Å². The minimum Gasteiger partial charge on any atom is -0.494 e. The molecule has 1 aromatic heterocycles. The first kappa shape index (κ1) is 17.3. The highest BCUT2D eigenvalue weighted by Gasteiger charge is 2.33. The Morgan fingerprint density at radius 1 is 1.26 bits per heavy atom. The number of anilines is 2. The summed E-state index contributed by atoms with van der Waals surface area (Å²) in [6.07, 6.45) is -0.822. The Labute approximate surface area is 159 Å². The molecule has 0 saturated heterocycles. The number of benzene rings is 2. The summed E-state index contributed by atoms with van der Waals surface area (Å²) < 4.78 is 12.0. The molecule has 2 heterocycles. The number of rotatable bonds is 3. The normalized spacial score (nSPS) is 15.8. The molecule has 8 heteroatoms. The van der Waals surface area contributed by atoms with Gasteiger partial charge in [-0.25, -0.2) is 4.98 Å². The van der Waals surface area contributed by atoms with Gasteiger partial charge in [0.1, 0.15) is 17.0 Å². The predicted molar refractivity (Wildman–Crippen MR) is 104 cm³/mol. The van der Waals surface area contributed by atoms with E-state index in [-0.39, 0.29) is 18.4 Å². The fourth-order valence-electron chi connectivity index (χ4n) is 3.00. The fourth-order valence-corrected chi connectivity index (χ4v) is 3.88. The van der Waals surface area contributed by atoms with Crippen LogP contribution in [0.15, 0.2) is 42.5 Å². The zero-order valence-electron chi connectivity index (χ0n) is 14.8. The minimum absolute atomic E-state index is 0.145. The third-order valence-corrected chi connectivity index (χ3v) is 5.21. The topological polar surface area (TPSA) is 80.8 Å². The number of nitrogens with one attached hydrogen (secondary N) is 1. The van der Waals surface area contributed by atoms with E-state index >= 15 is 0 Å². The molecule has 27 heavy (non-hydrogen) atoms. The summed E-state index contributed by atoms with van der Waals surface area (Å²) in [6.45, 7) is 1.61. The summed E-state index contributed by atoms with van der Waals surface area (Å²) in [5, 5.41) is 3.25. The van der Waals surface area contributed by atoms with Gasteiger partial charge in [-0.1, -0.05) is 29.5 Å². The van der Waals surface area contributed by atoms with Crippen molar-refractivity contribution in [2.24, 2.45) is 0 Å². The number of amides is 2. The number of methoxy groups -OCH3 is 1. The van der Waals surface area contributed by atoms with Crippen LogP contribution in [0.4, 0.5) is 10.8 Å². The Kier molecular flexibility index (Phi) is 4.41. The van der Waals surface area contributed by atoms with Gasteiger partial charge in [0.15, 0.2) is 11.2 Å². The lowest BCUT2D eigenvalue weighted by Crippen LogP contribution is -2.48. The highest BCUT2D eigenvalue weighted by molar-refractivity contribution is 7.22. The smallest absolute Gasteiger partial charge is 0.269 e. The molecule has 4 rings (SSSR count). The van der Waals surface area contributed by atoms with Gasteiger partial charge in [-0.15, -0.1) is 0 Å². The van der Waals surface area contributed by atoms with E-state index in [0.29, 0.717) is 27.8 Å². The molecule has 0 fully saturated rings. The number of aromatic nitrogens is 1. The van der Waals surface area contributed by atoms with E-state index in [2.05, 4.69) is 10.3 Å². The molecule has 2 aromatic carbocycles. The average Bonchev–Trinajstić information content (AvgIpc) is 3.09. The molecule has 7 nitrogen and oxygen atoms in total. The molecule has 0 saturated carbocycles. The molecule has 3 aromatic rings. The third-order valence-electron chi connectivity index (χ3n) is 4.28. The molecule has 0 unspecified atom stereocenters. The van der Waals surface area contributed by atoms with Gasteiger partial charge < -0.3 is 14.4 Å². The van der Waals surface area contributed by atoms with E-state index in [1.807, 2.05) is 24.3 Å². The number of carbonyl (C=O) groups excluding carboxylic acids is 2. The second kappa shape index (κ2) is 6.88. The molecule has 0 bridgehead atoms. The fraction of sp³-hybridized carbons (Fsp3) is 0.211. The number of ether oxygens (including phenoxy) is 2. The van der Waals surface area contributed by atoms with Crippen LogP contribution in [0.5, 0.6) is 11.5 Å². The Balaban J connectivity index is 1.58. The van der Waals surface area contributed by atoms with Crippen LogP contribution in [0.1, 0.15) is 6.92 Å². The molecule has 1 aliphatic rings. The van der Waals surface area contributed by atoms with E-state index in [1.165, 1.54) is 18.3 Å². The molecule has 0 spiro atoms. The van der Waals surface area contributed by atoms with Crippen molar-refractivity contribution in [3.8, 4) is 11.5 Å². The van der Waals surface area contributed by atoms with Crippen molar-refractivity contribution in [1.82, 2.24) is 4.98 Å². The van der Waals surface area contributed by atoms with Crippen molar-refractivity contribution in [1.29, 1.82) is 0 Å². The van der Waals surface area contributed by atoms with Gasteiger partial charge in [0.2, 0.25) is 5.91 Å². The Morgan fingerprint density at radius 3 is 2.85 bits per heavy atom. The first-order chi connectivity index (χ1) is 13.1. The molecule has 0 radical (unpaired) electrons. The van der Waals surface area contributed by atoms with Crippen molar-refractivity contribution >= 4 is 44.2 Å². The van der Waals surface area contributed by atoms with Crippen LogP contribution < -0.4 is 19.7 Å². The maximum atomic E-state index is 12.7. The van der Waals surface area contributed by atoms with Gasteiger partial charge in [0, 0.05) is 6.92 Å². The summed E-state index contributed by atoms with van der Waals surface area (Å²) in [4.78, 5) is 30.7. The van der Waals surface area contributed by atoms with Crippen molar-refractivity contribution in [3.05, 3.63) is 42.5 Å². The number of carbonyl (C=O) groups is 2. The number of fused-ring (bicyclic) bond motifs is 2. The molecule has 2 amide bonds. The standard InChI is InChI=1S/C19H17N3O4S/c1-11(23)22-10-15(26-13-7-4-3-6-12(13)22)18(24)21-19-20-17-14(25-2)8-5-9-16(17)27-19/h3-9,15H,10H2,1-2H3,(H,20,21,24)/t15-/m0/s1. The van der Waals surface area contributed by atoms with Crippen LogP contribution in [0.2, 0.25) is 0 Å². The van der Waals surface area contributed by atoms with E-state index in [9.17, 15) is 9.59 Å². The molecule has 0 aliphatic carbocycles. The monoisotopic (exact) mass is 383 g/mol. The predicted octanol–water partition coefficient (Wildman–Crippen LogP) is 3.06. The van der Waals surface area contributed by atoms with Gasteiger partial charge in [0.05, 0.1) is 24.0 Å². The van der Waals surface area contributed by atoms with Crippen molar-refractivity contribution in [2.75, 3.05) is 23.9 Å². The molecule has 1 aliphatic heterocycles. The van der Waals surface area contributed by atoms with Gasteiger partial charge in [0.25, 0.3) is 5.91 Å². The molecule has 1 N–H and O–H groups in total.